The Morgan fingerprint density at radius 3 is 2.50 bits per heavy atom. The lowest BCUT2D eigenvalue weighted by Crippen LogP contribution is -2.35. The summed E-state index contributed by atoms with van der Waals surface area (Å²) in [5.41, 5.74) is -5.23. The van der Waals surface area contributed by atoms with E-state index in [2.05, 4.69) is 0 Å². The van der Waals surface area contributed by atoms with Crippen LogP contribution in [0.3, 0.4) is 0 Å². The Morgan fingerprint density at radius 1 is 1.18 bits per heavy atom. The molecule has 1 aliphatic heterocycles. The second kappa shape index (κ2) is 6.15. The van der Waals surface area contributed by atoms with Crippen LogP contribution in [0.25, 0.3) is 0 Å². The number of carbonyl (C=O) groups excluding carboxylic acids is 1. The van der Waals surface area contributed by atoms with E-state index in [4.69, 9.17) is 0 Å². The highest BCUT2D eigenvalue weighted by Gasteiger charge is 2.46. The van der Waals surface area contributed by atoms with Crippen LogP contribution in [0.4, 0.5) is 18.9 Å². The van der Waals surface area contributed by atoms with Crippen molar-refractivity contribution in [1.82, 2.24) is 4.90 Å². The topological polar surface area (TPSA) is 66.5 Å². The molecule has 1 amide bonds. The number of sulfonamides is 1. The van der Waals surface area contributed by atoms with Crippen LogP contribution in [-0.2, 0) is 21.4 Å². The highest BCUT2D eigenvalue weighted by atomic mass is 32.2. The predicted octanol–water partition coefficient (Wildman–Crippen LogP) is 2.46. The SMILES string of the molecule is O=C1CCCCN1Cc1ccccc1NS(=O)(=O)C(F)(F)F. The summed E-state index contributed by atoms with van der Waals surface area (Å²) in [6.45, 7) is 0.592. The second-order valence-corrected chi connectivity index (χ2v) is 6.65. The maximum Gasteiger partial charge on any atom is 0.516 e. The Bertz CT molecular complexity index is 659. The molecule has 0 bridgehead atoms. The van der Waals surface area contributed by atoms with Gasteiger partial charge in [0, 0.05) is 19.5 Å². The van der Waals surface area contributed by atoms with Crippen molar-refractivity contribution in [2.45, 2.75) is 31.3 Å². The first kappa shape index (κ1) is 16.6. The van der Waals surface area contributed by atoms with Crippen molar-refractivity contribution in [3.05, 3.63) is 29.8 Å². The molecule has 1 aromatic rings. The lowest BCUT2D eigenvalue weighted by atomic mass is 10.1. The monoisotopic (exact) mass is 336 g/mol. The van der Waals surface area contributed by atoms with Gasteiger partial charge in [-0.3, -0.25) is 9.52 Å². The third kappa shape index (κ3) is 3.70. The Labute approximate surface area is 126 Å². The number of benzene rings is 1. The number of piperidine rings is 1. The van der Waals surface area contributed by atoms with Crippen LogP contribution in [0, 0.1) is 0 Å². The Balaban J connectivity index is 2.22. The van der Waals surface area contributed by atoms with E-state index in [0.717, 1.165) is 12.8 Å². The molecule has 0 aromatic heterocycles. The molecule has 0 spiro atoms. The second-order valence-electron chi connectivity index (χ2n) is 4.98. The number of nitrogens with zero attached hydrogens (tertiary/aromatic N) is 1. The fourth-order valence-electron chi connectivity index (χ4n) is 2.19. The molecule has 0 unspecified atom stereocenters. The number of likely N-dealkylation sites (tertiary alicyclic amines) is 1. The molecule has 2 rings (SSSR count). The molecule has 1 heterocycles. The molecular weight excluding hydrogens is 321 g/mol. The van der Waals surface area contributed by atoms with Crippen molar-refractivity contribution in [2.75, 3.05) is 11.3 Å². The van der Waals surface area contributed by atoms with Gasteiger partial charge in [0.15, 0.2) is 0 Å². The number of para-hydroxylation sites is 1. The largest absolute Gasteiger partial charge is 0.516 e. The van der Waals surface area contributed by atoms with Gasteiger partial charge in [-0.15, -0.1) is 0 Å². The number of amides is 1. The summed E-state index contributed by atoms with van der Waals surface area (Å²) in [6.07, 6.45) is 2.01. The van der Waals surface area contributed by atoms with Crippen molar-refractivity contribution in [1.29, 1.82) is 0 Å². The summed E-state index contributed by atoms with van der Waals surface area (Å²) in [7, 11) is -5.48. The standard InChI is InChI=1S/C13H15F3N2O3S/c14-13(15,16)22(20,21)17-11-6-2-1-5-10(11)9-18-8-4-3-7-12(18)19/h1-2,5-6,17H,3-4,7-9H2. The molecule has 9 heteroatoms. The van der Waals surface area contributed by atoms with E-state index in [0.29, 0.717) is 18.5 Å². The van der Waals surface area contributed by atoms with Crippen molar-refractivity contribution in [2.24, 2.45) is 0 Å². The Morgan fingerprint density at radius 2 is 1.86 bits per heavy atom. The van der Waals surface area contributed by atoms with Gasteiger partial charge in [0.25, 0.3) is 0 Å². The molecule has 1 fully saturated rings. The highest BCUT2D eigenvalue weighted by Crippen LogP contribution is 2.28. The summed E-state index contributed by atoms with van der Waals surface area (Å²) < 4.78 is 61.3. The summed E-state index contributed by atoms with van der Waals surface area (Å²) in [4.78, 5) is 13.3. The molecule has 5 nitrogen and oxygen atoms in total. The third-order valence-corrected chi connectivity index (χ3v) is 4.45. The molecule has 1 N–H and O–H groups in total. The summed E-state index contributed by atoms with van der Waals surface area (Å²) in [5, 5.41) is 0. The number of hydrogen-bond acceptors (Lipinski definition) is 3. The molecule has 1 saturated heterocycles. The van der Waals surface area contributed by atoms with Crippen molar-refractivity contribution in [3.8, 4) is 0 Å². The van der Waals surface area contributed by atoms with Gasteiger partial charge in [-0.25, -0.2) is 0 Å². The first-order valence-electron chi connectivity index (χ1n) is 6.65. The maximum absolute atomic E-state index is 12.5. The van der Waals surface area contributed by atoms with Gasteiger partial charge >= 0.3 is 15.5 Å². The fourth-order valence-corrected chi connectivity index (χ4v) is 2.80. The van der Waals surface area contributed by atoms with Crippen molar-refractivity contribution >= 4 is 21.6 Å². The van der Waals surface area contributed by atoms with E-state index in [1.165, 1.54) is 23.1 Å². The number of alkyl halides is 3. The van der Waals surface area contributed by atoms with Gasteiger partial charge < -0.3 is 4.90 Å². The summed E-state index contributed by atoms with van der Waals surface area (Å²) >= 11 is 0. The number of nitrogens with one attached hydrogen (secondary N) is 1. The van der Waals surface area contributed by atoms with Crippen LogP contribution in [0.15, 0.2) is 24.3 Å². The lowest BCUT2D eigenvalue weighted by molar-refractivity contribution is -0.133. The number of halogens is 3. The molecule has 122 valence electrons. The van der Waals surface area contributed by atoms with Crippen molar-refractivity contribution < 1.29 is 26.4 Å². The fraction of sp³-hybridized carbons (Fsp3) is 0.462. The minimum atomic E-state index is -5.48. The normalized spacial score (nSPS) is 16.7. The first-order valence-corrected chi connectivity index (χ1v) is 8.14. The zero-order valence-electron chi connectivity index (χ0n) is 11.6. The molecular formula is C13H15F3N2O3S. The molecule has 1 aliphatic rings. The molecule has 22 heavy (non-hydrogen) atoms. The summed E-state index contributed by atoms with van der Waals surface area (Å²) in [5.74, 6) is -0.0836. The van der Waals surface area contributed by atoms with Gasteiger partial charge in [-0.1, -0.05) is 18.2 Å². The van der Waals surface area contributed by atoms with Gasteiger partial charge in [0.1, 0.15) is 0 Å². The van der Waals surface area contributed by atoms with Gasteiger partial charge in [0.2, 0.25) is 5.91 Å². The minimum absolute atomic E-state index is 0.0788. The average molecular weight is 336 g/mol. The van der Waals surface area contributed by atoms with Crippen LogP contribution >= 0.6 is 0 Å². The first-order chi connectivity index (χ1) is 10.2. The predicted molar refractivity (Wildman–Crippen MR) is 74.3 cm³/mol. The van der Waals surface area contributed by atoms with Crippen LogP contribution in [0.2, 0.25) is 0 Å². The molecule has 0 aliphatic carbocycles. The van der Waals surface area contributed by atoms with Gasteiger partial charge in [0.05, 0.1) is 5.69 Å². The van der Waals surface area contributed by atoms with E-state index >= 15 is 0 Å². The smallest absolute Gasteiger partial charge is 0.338 e. The molecule has 1 aromatic carbocycles. The van der Waals surface area contributed by atoms with Gasteiger partial charge in [-0.05, 0) is 24.5 Å². The van der Waals surface area contributed by atoms with Crippen LogP contribution < -0.4 is 4.72 Å². The minimum Gasteiger partial charge on any atom is -0.338 e. The highest BCUT2D eigenvalue weighted by molar-refractivity contribution is 7.93. The van der Waals surface area contributed by atoms with Crippen LogP contribution in [0.5, 0.6) is 0 Å². The number of carbonyl (C=O) groups is 1. The molecule has 0 saturated carbocycles. The van der Waals surface area contributed by atoms with E-state index in [9.17, 15) is 26.4 Å². The zero-order valence-corrected chi connectivity index (χ0v) is 12.4. The van der Waals surface area contributed by atoms with E-state index in [1.54, 1.807) is 10.8 Å². The molecule has 0 radical (unpaired) electrons. The lowest BCUT2D eigenvalue weighted by Gasteiger charge is -2.27. The van der Waals surface area contributed by atoms with E-state index < -0.39 is 15.5 Å². The molecule has 0 atom stereocenters. The van der Waals surface area contributed by atoms with Crippen LogP contribution in [0.1, 0.15) is 24.8 Å². The summed E-state index contributed by atoms with van der Waals surface area (Å²) in [6, 6.07) is 5.74. The van der Waals surface area contributed by atoms with Crippen LogP contribution in [-0.4, -0.2) is 31.3 Å². The number of anilines is 1. The average Bonchev–Trinajstić information content (AvgIpc) is 2.42. The maximum atomic E-state index is 12.5. The Hall–Kier alpha value is -1.77. The quantitative estimate of drug-likeness (QED) is 0.918. The van der Waals surface area contributed by atoms with E-state index in [1.807, 2.05) is 0 Å². The number of rotatable bonds is 4. The third-order valence-electron chi connectivity index (χ3n) is 3.35. The number of hydrogen-bond donors (Lipinski definition) is 1. The van der Waals surface area contributed by atoms with Gasteiger partial charge in [-0.2, -0.15) is 21.6 Å². The van der Waals surface area contributed by atoms with Crippen molar-refractivity contribution in [3.63, 3.8) is 0 Å². The zero-order chi connectivity index (χ0) is 16.4. The Kier molecular flexibility index (Phi) is 4.64. The van der Waals surface area contributed by atoms with E-state index in [-0.39, 0.29) is 18.1 Å².